The standard InChI is InChI=1S/C14H22N2/c1-11-8-14(9-12(2)16(11)15)10-13-6-4-3-5-7-13/h3-7,11-12,14H,8-10,15H2,1-2H3/t11-,12-/m0/s1. The minimum absolute atomic E-state index is 0.512. The van der Waals surface area contributed by atoms with Crippen LogP contribution in [0, 0.1) is 5.92 Å². The van der Waals surface area contributed by atoms with Crippen LogP contribution in [0.4, 0.5) is 0 Å². The van der Waals surface area contributed by atoms with Crippen molar-refractivity contribution in [1.29, 1.82) is 0 Å². The fraction of sp³-hybridized carbons (Fsp3) is 0.571. The maximum atomic E-state index is 6.01. The second kappa shape index (κ2) is 4.98. The molecule has 2 atom stereocenters. The fourth-order valence-corrected chi connectivity index (χ4v) is 2.85. The molecule has 0 unspecified atom stereocenters. The van der Waals surface area contributed by atoms with E-state index in [1.54, 1.807) is 0 Å². The monoisotopic (exact) mass is 218 g/mol. The van der Waals surface area contributed by atoms with E-state index in [1.807, 2.05) is 5.01 Å². The molecule has 1 aliphatic heterocycles. The van der Waals surface area contributed by atoms with Crippen LogP contribution in [-0.2, 0) is 6.42 Å². The molecule has 0 spiro atoms. The van der Waals surface area contributed by atoms with Gasteiger partial charge in [0, 0.05) is 12.1 Å². The summed E-state index contributed by atoms with van der Waals surface area (Å²) in [4.78, 5) is 0. The highest BCUT2D eigenvalue weighted by molar-refractivity contribution is 5.15. The first-order chi connectivity index (χ1) is 7.66. The normalized spacial score (nSPS) is 31.6. The average Bonchev–Trinajstić information content (AvgIpc) is 2.27. The molecule has 2 N–H and O–H groups in total. The fourth-order valence-electron chi connectivity index (χ4n) is 2.85. The van der Waals surface area contributed by atoms with E-state index in [2.05, 4.69) is 44.2 Å². The van der Waals surface area contributed by atoms with Crippen LogP contribution in [0.3, 0.4) is 0 Å². The molecule has 1 aliphatic rings. The van der Waals surface area contributed by atoms with Crippen LogP contribution in [0.25, 0.3) is 0 Å². The number of hydrazine groups is 1. The maximum absolute atomic E-state index is 6.01. The van der Waals surface area contributed by atoms with E-state index in [1.165, 1.54) is 24.8 Å². The van der Waals surface area contributed by atoms with Crippen molar-refractivity contribution in [3.8, 4) is 0 Å². The molecule has 0 bridgehead atoms. The van der Waals surface area contributed by atoms with E-state index >= 15 is 0 Å². The average molecular weight is 218 g/mol. The highest BCUT2D eigenvalue weighted by atomic mass is 15.4. The lowest BCUT2D eigenvalue weighted by Crippen LogP contribution is -2.51. The van der Waals surface area contributed by atoms with Crippen molar-refractivity contribution in [3.05, 3.63) is 35.9 Å². The zero-order chi connectivity index (χ0) is 11.5. The molecule has 16 heavy (non-hydrogen) atoms. The van der Waals surface area contributed by atoms with E-state index in [0.717, 1.165) is 5.92 Å². The van der Waals surface area contributed by atoms with E-state index in [4.69, 9.17) is 5.84 Å². The SMILES string of the molecule is C[C@H]1CC(Cc2ccccc2)C[C@H](C)N1N. The van der Waals surface area contributed by atoms with Crippen LogP contribution in [0.2, 0.25) is 0 Å². The topological polar surface area (TPSA) is 29.3 Å². The number of rotatable bonds is 2. The van der Waals surface area contributed by atoms with Gasteiger partial charge in [0.1, 0.15) is 0 Å². The molecule has 2 nitrogen and oxygen atoms in total. The van der Waals surface area contributed by atoms with Gasteiger partial charge in [0.2, 0.25) is 0 Å². The Hall–Kier alpha value is -0.860. The summed E-state index contributed by atoms with van der Waals surface area (Å²) in [7, 11) is 0. The van der Waals surface area contributed by atoms with Crippen molar-refractivity contribution in [1.82, 2.24) is 5.01 Å². The summed E-state index contributed by atoms with van der Waals surface area (Å²) in [5, 5.41) is 2.02. The quantitative estimate of drug-likeness (QED) is 0.773. The first kappa shape index (κ1) is 11.6. The second-order valence-corrected chi connectivity index (χ2v) is 5.17. The third kappa shape index (κ3) is 2.63. The van der Waals surface area contributed by atoms with Crippen molar-refractivity contribution < 1.29 is 0 Å². The molecule has 1 heterocycles. The Balaban J connectivity index is 1.97. The number of benzene rings is 1. The van der Waals surface area contributed by atoms with Gasteiger partial charge in [-0.15, -0.1) is 0 Å². The van der Waals surface area contributed by atoms with Gasteiger partial charge in [0.05, 0.1) is 0 Å². The number of piperidine rings is 1. The Kier molecular flexibility index (Phi) is 3.62. The van der Waals surface area contributed by atoms with Gasteiger partial charge in [-0.3, -0.25) is 5.84 Å². The molecule has 0 aliphatic carbocycles. The van der Waals surface area contributed by atoms with Gasteiger partial charge in [-0.05, 0) is 44.6 Å². The molecule has 88 valence electrons. The number of nitrogens with two attached hydrogens (primary N) is 1. The van der Waals surface area contributed by atoms with Crippen LogP contribution in [0.1, 0.15) is 32.3 Å². The summed E-state index contributed by atoms with van der Waals surface area (Å²) >= 11 is 0. The van der Waals surface area contributed by atoms with E-state index in [9.17, 15) is 0 Å². The number of nitrogens with zero attached hydrogens (tertiary/aromatic N) is 1. The molecule has 1 fully saturated rings. The van der Waals surface area contributed by atoms with Gasteiger partial charge in [-0.2, -0.15) is 0 Å². The molecule has 2 rings (SSSR count). The van der Waals surface area contributed by atoms with Crippen LogP contribution in [0.15, 0.2) is 30.3 Å². The molecule has 1 aromatic rings. The van der Waals surface area contributed by atoms with Crippen LogP contribution in [-0.4, -0.2) is 17.1 Å². The Morgan fingerprint density at radius 2 is 1.69 bits per heavy atom. The Labute approximate surface area is 98.4 Å². The van der Waals surface area contributed by atoms with Crippen molar-refractivity contribution in [3.63, 3.8) is 0 Å². The second-order valence-electron chi connectivity index (χ2n) is 5.17. The van der Waals surface area contributed by atoms with Crippen molar-refractivity contribution in [2.24, 2.45) is 11.8 Å². The Morgan fingerprint density at radius 3 is 2.25 bits per heavy atom. The van der Waals surface area contributed by atoms with Gasteiger partial charge >= 0.3 is 0 Å². The highest BCUT2D eigenvalue weighted by Gasteiger charge is 2.28. The number of hydrogen-bond acceptors (Lipinski definition) is 2. The molecular formula is C14H22N2. The van der Waals surface area contributed by atoms with Gasteiger partial charge in [0.25, 0.3) is 0 Å². The molecule has 0 radical (unpaired) electrons. The van der Waals surface area contributed by atoms with Gasteiger partial charge < -0.3 is 0 Å². The first-order valence-electron chi connectivity index (χ1n) is 6.23. The van der Waals surface area contributed by atoms with E-state index in [0.29, 0.717) is 12.1 Å². The summed E-state index contributed by atoms with van der Waals surface area (Å²) in [6.07, 6.45) is 3.63. The molecule has 1 saturated heterocycles. The lowest BCUT2D eigenvalue weighted by atomic mass is 9.84. The third-order valence-corrected chi connectivity index (χ3v) is 3.73. The lowest BCUT2D eigenvalue weighted by molar-refractivity contribution is 0.0705. The van der Waals surface area contributed by atoms with Crippen molar-refractivity contribution in [2.45, 2.75) is 45.2 Å². The highest BCUT2D eigenvalue weighted by Crippen LogP contribution is 2.27. The van der Waals surface area contributed by atoms with Gasteiger partial charge in [0.15, 0.2) is 0 Å². The number of hydrogen-bond donors (Lipinski definition) is 1. The maximum Gasteiger partial charge on any atom is 0.0218 e. The van der Waals surface area contributed by atoms with Crippen LogP contribution in [0.5, 0.6) is 0 Å². The van der Waals surface area contributed by atoms with Crippen molar-refractivity contribution >= 4 is 0 Å². The van der Waals surface area contributed by atoms with E-state index in [-0.39, 0.29) is 0 Å². The molecular weight excluding hydrogens is 196 g/mol. The predicted octanol–water partition coefficient (Wildman–Crippen LogP) is 2.59. The minimum atomic E-state index is 0.512. The summed E-state index contributed by atoms with van der Waals surface area (Å²) < 4.78 is 0. The minimum Gasteiger partial charge on any atom is -0.268 e. The lowest BCUT2D eigenvalue weighted by Gasteiger charge is -2.39. The van der Waals surface area contributed by atoms with Crippen LogP contribution >= 0.6 is 0 Å². The zero-order valence-corrected chi connectivity index (χ0v) is 10.3. The molecule has 0 aromatic heterocycles. The largest absolute Gasteiger partial charge is 0.268 e. The molecule has 1 aromatic carbocycles. The molecule has 2 heteroatoms. The first-order valence-corrected chi connectivity index (χ1v) is 6.23. The smallest absolute Gasteiger partial charge is 0.0218 e. The predicted molar refractivity (Wildman–Crippen MR) is 67.8 cm³/mol. The van der Waals surface area contributed by atoms with Gasteiger partial charge in [-0.1, -0.05) is 30.3 Å². The van der Waals surface area contributed by atoms with Crippen LogP contribution < -0.4 is 5.84 Å². The summed E-state index contributed by atoms with van der Waals surface area (Å²) in [5.74, 6) is 6.80. The molecule has 0 amide bonds. The van der Waals surface area contributed by atoms with Gasteiger partial charge in [-0.25, -0.2) is 5.01 Å². The summed E-state index contributed by atoms with van der Waals surface area (Å²) in [5.41, 5.74) is 1.46. The molecule has 0 saturated carbocycles. The Bertz CT molecular complexity index is 311. The summed E-state index contributed by atoms with van der Waals surface area (Å²) in [6.45, 7) is 4.46. The van der Waals surface area contributed by atoms with Crippen molar-refractivity contribution in [2.75, 3.05) is 0 Å². The van der Waals surface area contributed by atoms with E-state index < -0.39 is 0 Å². The zero-order valence-electron chi connectivity index (χ0n) is 10.3. The third-order valence-electron chi connectivity index (χ3n) is 3.73. The summed E-state index contributed by atoms with van der Waals surface area (Å²) in [6, 6.07) is 11.8. The Morgan fingerprint density at radius 1 is 1.12 bits per heavy atom.